The summed E-state index contributed by atoms with van der Waals surface area (Å²) in [7, 11) is 0. The second-order valence-corrected chi connectivity index (χ2v) is 9.27. The molecule has 1 atom stereocenters. The molecule has 1 N–H and O–H groups in total. The Balaban J connectivity index is 1.54. The molecule has 4 nitrogen and oxygen atoms in total. The first-order valence-electron chi connectivity index (χ1n) is 12.9. The van der Waals surface area contributed by atoms with E-state index in [1.807, 2.05) is 89.8 Å². The van der Waals surface area contributed by atoms with Crippen molar-refractivity contribution in [3.63, 3.8) is 0 Å². The third-order valence-electron chi connectivity index (χ3n) is 6.75. The SMILES string of the molecule is CCC(C(=O)N(CCCc1ccccc1)Cc1ccc(-c2ccccc2C(=O)O)cc1)c1ccccc1. The van der Waals surface area contributed by atoms with Crippen LogP contribution in [0.25, 0.3) is 11.1 Å². The maximum Gasteiger partial charge on any atom is 0.336 e. The van der Waals surface area contributed by atoms with E-state index in [0.29, 0.717) is 18.7 Å². The summed E-state index contributed by atoms with van der Waals surface area (Å²) in [6, 6.07) is 35.3. The van der Waals surface area contributed by atoms with Gasteiger partial charge in [-0.1, -0.05) is 110 Å². The van der Waals surface area contributed by atoms with Gasteiger partial charge in [0.1, 0.15) is 0 Å². The van der Waals surface area contributed by atoms with Crippen molar-refractivity contribution < 1.29 is 14.7 Å². The standard InChI is InChI=1S/C33H33NO3/c1-2-29(27-15-7-4-8-16-27)32(35)34(23-11-14-25-12-5-3-6-13-25)24-26-19-21-28(22-20-26)30-17-9-10-18-31(30)33(36)37/h3-10,12-13,15-22,29H,2,11,14,23-24H2,1H3,(H,36,37). The molecular formula is C33H33NO3. The normalized spacial score (nSPS) is 11.6. The summed E-state index contributed by atoms with van der Waals surface area (Å²) >= 11 is 0. The van der Waals surface area contributed by atoms with Crippen molar-refractivity contribution in [1.29, 1.82) is 0 Å². The van der Waals surface area contributed by atoms with Gasteiger partial charge in [0.25, 0.3) is 0 Å². The first-order valence-corrected chi connectivity index (χ1v) is 12.9. The zero-order valence-electron chi connectivity index (χ0n) is 21.2. The lowest BCUT2D eigenvalue weighted by Crippen LogP contribution is -2.35. The molecule has 0 aliphatic rings. The molecule has 4 heteroatoms. The number of nitrogens with zero attached hydrogens (tertiary/aromatic N) is 1. The van der Waals surface area contributed by atoms with E-state index < -0.39 is 5.97 Å². The first kappa shape index (κ1) is 25.9. The molecular weight excluding hydrogens is 458 g/mol. The molecule has 188 valence electrons. The van der Waals surface area contributed by atoms with Crippen LogP contribution in [0.1, 0.15) is 52.7 Å². The molecule has 1 amide bonds. The number of rotatable bonds is 11. The Morgan fingerprint density at radius 1 is 0.757 bits per heavy atom. The van der Waals surface area contributed by atoms with Gasteiger partial charge in [-0.15, -0.1) is 0 Å². The lowest BCUT2D eigenvalue weighted by Gasteiger charge is -2.28. The van der Waals surface area contributed by atoms with Crippen molar-refractivity contribution in [1.82, 2.24) is 4.90 Å². The number of carbonyl (C=O) groups excluding carboxylic acids is 1. The molecule has 0 aliphatic carbocycles. The molecule has 0 aliphatic heterocycles. The average Bonchev–Trinajstić information content (AvgIpc) is 2.94. The Kier molecular flexibility index (Phi) is 8.88. The molecule has 4 rings (SSSR count). The van der Waals surface area contributed by atoms with Crippen LogP contribution < -0.4 is 0 Å². The van der Waals surface area contributed by atoms with Gasteiger partial charge in [-0.05, 0) is 53.1 Å². The van der Waals surface area contributed by atoms with E-state index in [2.05, 4.69) is 19.1 Å². The lowest BCUT2D eigenvalue weighted by atomic mass is 9.94. The number of aryl methyl sites for hydroxylation is 1. The van der Waals surface area contributed by atoms with Crippen LogP contribution in [0.2, 0.25) is 0 Å². The molecule has 4 aromatic rings. The fraction of sp³-hybridized carbons (Fsp3) is 0.212. The maximum atomic E-state index is 13.8. The van der Waals surface area contributed by atoms with Crippen molar-refractivity contribution in [2.24, 2.45) is 0 Å². The quantitative estimate of drug-likeness (QED) is 0.241. The number of carboxylic acids is 1. The summed E-state index contributed by atoms with van der Waals surface area (Å²) in [5, 5.41) is 9.55. The van der Waals surface area contributed by atoms with Gasteiger partial charge in [-0.3, -0.25) is 4.79 Å². The largest absolute Gasteiger partial charge is 0.478 e. The van der Waals surface area contributed by atoms with E-state index in [4.69, 9.17) is 0 Å². The minimum atomic E-state index is -0.943. The molecule has 37 heavy (non-hydrogen) atoms. The van der Waals surface area contributed by atoms with Crippen molar-refractivity contribution in [2.75, 3.05) is 6.54 Å². The molecule has 0 saturated carbocycles. The van der Waals surface area contributed by atoms with E-state index in [1.165, 1.54) is 5.56 Å². The van der Waals surface area contributed by atoms with Crippen molar-refractivity contribution >= 4 is 11.9 Å². The van der Waals surface area contributed by atoms with E-state index in [9.17, 15) is 14.7 Å². The number of hydrogen-bond acceptors (Lipinski definition) is 2. The van der Waals surface area contributed by atoms with Crippen molar-refractivity contribution in [3.05, 3.63) is 131 Å². The molecule has 0 radical (unpaired) electrons. The second-order valence-electron chi connectivity index (χ2n) is 9.27. The van der Waals surface area contributed by atoms with Gasteiger partial charge in [-0.25, -0.2) is 4.79 Å². The molecule has 0 spiro atoms. The van der Waals surface area contributed by atoms with Crippen LogP contribution in [0.4, 0.5) is 0 Å². The molecule has 1 unspecified atom stereocenters. The van der Waals surface area contributed by atoms with E-state index in [1.54, 1.807) is 12.1 Å². The predicted molar refractivity (Wildman–Crippen MR) is 148 cm³/mol. The fourth-order valence-corrected chi connectivity index (χ4v) is 4.78. The van der Waals surface area contributed by atoms with E-state index >= 15 is 0 Å². The number of carboxylic acid groups (broad SMARTS) is 1. The predicted octanol–water partition coefficient (Wildman–Crippen LogP) is 7.21. The third-order valence-corrected chi connectivity index (χ3v) is 6.75. The zero-order valence-corrected chi connectivity index (χ0v) is 21.2. The second kappa shape index (κ2) is 12.7. The van der Waals surface area contributed by atoms with Gasteiger partial charge in [0.05, 0.1) is 11.5 Å². The first-order chi connectivity index (χ1) is 18.1. The Bertz CT molecular complexity index is 1300. The fourth-order valence-electron chi connectivity index (χ4n) is 4.78. The van der Waals surface area contributed by atoms with Crippen LogP contribution in [0, 0.1) is 0 Å². The molecule has 0 heterocycles. The average molecular weight is 492 g/mol. The van der Waals surface area contributed by atoms with Gasteiger partial charge >= 0.3 is 5.97 Å². The summed E-state index contributed by atoms with van der Waals surface area (Å²) in [5.41, 5.74) is 5.15. The number of aromatic carboxylic acids is 1. The summed E-state index contributed by atoms with van der Waals surface area (Å²) in [6.45, 7) is 3.24. The number of amides is 1. The van der Waals surface area contributed by atoms with Gasteiger partial charge < -0.3 is 10.0 Å². The van der Waals surface area contributed by atoms with Gasteiger partial charge in [-0.2, -0.15) is 0 Å². The molecule has 4 aromatic carbocycles. The minimum Gasteiger partial charge on any atom is -0.478 e. The Morgan fingerprint density at radius 3 is 2.03 bits per heavy atom. The monoisotopic (exact) mass is 491 g/mol. The molecule has 0 aromatic heterocycles. The van der Waals surface area contributed by atoms with Crippen LogP contribution in [-0.2, 0) is 17.8 Å². The van der Waals surface area contributed by atoms with Gasteiger partial charge in [0, 0.05) is 13.1 Å². The highest BCUT2D eigenvalue weighted by atomic mass is 16.4. The van der Waals surface area contributed by atoms with Crippen LogP contribution in [0.15, 0.2) is 109 Å². The Hall–Kier alpha value is -4.18. The van der Waals surface area contributed by atoms with Crippen LogP contribution in [0.3, 0.4) is 0 Å². The van der Waals surface area contributed by atoms with Gasteiger partial charge in [0.2, 0.25) is 5.91 Å². The van der Waals surface area contributed by atoms with E-state index in [0.717, 1.165) is 36.0 Å². The highest BCUT2D eigenvalue weighted by Crippen LogP contribution is 2.26. The highest BCUT2D eigenvalue weighted by Gasteiger charge is 2.24. The molecule has 0 bridgehead atoms. The highest BCUT2D eigenvalue weighted by molar-refractivity contribution is 5.96. The number of benzene rings is 4. The summed E-state index contributed by atoms with van der Waals surface area (Å²) in [5.74, 6) is -0.983. The van der Waals surface area contributed by atoms with Crippen molar-refractivity contribution in [2.45, 2.75) is 38.6 Å². The molecule has 0 saturated heterocycles. The van der Waals surface area contributed by atoms with E-state index in [-0.39, 0.29) is 17.4 Å². The minimum absolute atomic E-state index is 0.141. The Labute approximate surface area is 219 Å². The zero-order chi connectivity index (χ0) is 26.0. The lowest BCUT2D eigenvalue weighted by molar-refractivity contribution is -0.133. The third kappa shape index (κ3) is 6.73. The summed E-state index contributed by atoms with van der Waals surface area (Å²) in [6.07, 6.45) is 2.53. The van der Waals surface area contributed by atoms with Crippen molar-refractivity contribution in [3.8, 4) is 11.1 Å². The van der Waals surface area contributed by atoms with Crippen LogP contribution in [-0.4, -0.2) is 28.4 Å². The topological polar surface area (TPSA) is 57.6 Å². The number of hydrogen-bond donors (Lipinski definition) is 1. The maximum absolute atomic E-state index is 13.8. The van der Waals surface area contributed by atoms with Gasteiger partial charge in [0.15, 0.2) is 0 Å². The summed E-state index contributed by atoms with van der Waals surface area (Å²) in [4.78, 5) is 27.4. The molecule has 0 fully saturated rings. The van der Waals surface area contributed by atoms with Crippen LogP contribution in [0.5, 0.6) is 0 Å². The number of carbonyl (C=O) groups is 2. The smallest absolute Gasteiger partial charge is 0.336 e. The summed E-state index contributed by atoms with van der Waals surface area (Å²) < 4.78 is 0. The Morgan fingerprint density at radius 2 is 1.38 bits per heavy atom. The van der Waals surface area contributed by atoms with Crippen LogP contribution >= 0.6 is 0 Å².